The van der Waals surface area contributed by atoms with E-state index in [1.807, 2.05) is 0 Å². The van der Waals surface area contributed by atoms with Crippen molar-refractivity contribution in [2.45, 2.75) is 0 Å². The molecule has 0 amide bonds. The van der Waals surface area contributed by atoms with Crippen LogP contribution in [0.4, 0.5) is 10.5 Å². The Morgan fingerprint density at radius 1 is 1.26 bits per heavy atom. The van der Waals surface area contributed by atoms with E-state index >= 15 is 0 Å². The second-order valence-electron chi connectivity index (χ2n) is 4.75. The molecule has 106 valence electrons. The highest BCUT2D eigenvalue weighted by Crippen LogP contribution is 2.33. The maximum absolute atomic E-state index is 11.3. The van der Waals surface area contributed by atoms with Gasteiger partial charge in [0.15, 0.2) is 0 Å². The van der Waals surface area contributed by atoms with Crippen molar-refractivity contribution in [2.75, 3.05) is 31.1 Å². The van der Waals surface area contributed by atoms with E-state index < -0.39 is 21.1 Å². The predicted octanol–water partition coefficient (Wildman–Crippen LogP) is 2.80. The van der Waals surface area contributed by atoms with Gasteiger partial charge in [-0.2, -0.15) is 0 Å². The summed E-state index contributed by atoms with van der Waals surface area (Å²) in [5, 5.41) is 10.4. The van der Waals surface area contributed by atoms with E-state index in [9.17, 15) is 14.9 Å². The minimum atomic E-state index is -0.794. The number of hydrogen-bond donors (Lipinski definition) is 0. The van der Waals surface area contributed by atoms with Crippen LogP contribution in [0.5, 0.6) is 5.75 Å². The summed E-state index contributed by atoms with van der Waals surface area (Å²) in [5.41, 5.74) is -0.0583. The fraction of sp³-hybridized carbons (Fsp3) is 0.417. The lowest BCUT2D eigenvalue weighted by molar-refractivity contribution is -0.384. The van der Waals surface area contributed by atoms with Gasteiger partial charge in [0.25, 0.3) is 5.69 Å². The lowest BCUT2D eigenvalue weighted by atomic mass is 10.3. The largest absolute Gasteiger partial charge is 0.513 e. The summed E-state index contributed by atoms with van der Waals surface area (Å²) in [5.74, 6) is 1.03. The first kappa shape index (κ1) is 15.3. The molecule has 0 aliphatic rings. The number of nitro groups is 1. The van der Waals surface area contributed by atoms with Crippen LogP contribution >= 0.6 is 10.0 Å². The van der Waals surface area contributed by atoms with Crippen LogP contribution in [0.1, 0.15) is 0 Å². The van der Waals surface area contributed by atoms with Gasteiger partial charge in [0.1, 0.15) is 12.4 Å². The molecule has 6 nitrogen and oxygen atoms in total. The van der Waals surface area contributed by atoms with Gasteiger partial charge in [-0.3, -0.25) is 10.1 Å². The molecule has 0 aromatic heterocycles. The maximum atomic E-state index is 11.3. The highest BCUT2D eigenvalue weighted by atomic mass is 32.3. The van der Waals surface area contributed by atoms with Crippen LogP contribution in [0.25, 0.3) is 0 Å². The van der Waals surface area contributed by atoms with E-state index in [0.717, 1.165) is 5.75 Å². The van der Waals surface area contributed by atoms with E-state index in [1.165, 1.54) is 24.3 Å². The fourth-order valence-corrected chi connectivity index (χ4v) is 1.72. The third-order valence-electron chi connectivity index (χ3n) is 2.16. The molecule has 0 atom stereocenters. The summed E-state index contributed by atoms with van der Waals surface area (Å²) in [6.07, 6.45) is 5.58. The minimum absolute atomic E-state index is 0.0583. The van der Waals surface area contributed by atoms with Crippen molar-refractivity contribution in [3.63, 3.8) is 0 Å². The van der Waals surface area contributed by atoms with Crippen molar-refractivity contribution in [1.29, 1.82) is 0 Å². The van der Waals surface area contributed by atoms with E-state index in [1.54, 1.807) is 0 Å². The minimum Gasteiger partial charge on any atom is -0.433 e. The number of nitro benzene ring substituents is 1. The molecular formula is C12H17NO5S. The third kappa shape index (κ3) is 6.10. The summed E-state index contributed by atoms with van der Waals surface area (Å²) in [6, 6.07) is 5.24. The van der Waals surface area contributed by atoms with Crippen LogP contribution in [-0.2, 0) is 4.74 Å². The normalized spacial score (nSPS) is 11.7. The third-order valence-corrected chi connectivity index (χ3v) is 3.56. The Kier molecular flexibility index (Phi) is 5.17. The van der Waals surface area contributed by atoms with Crippen LogP contribution in [0.15, 0.2) is 24.3 Å². The molecule has 0 aliphatic heterocycles. The highest BCUT2D eigenvalue weighted by molar-refractivity contribution is 8.32. The average Bonchev–Trinajstić information content (AvgIpc) is 2.27. The predicted molar refractivity (Wildman–Crippen MR) is 75.3 cm³/mol. The van der Waals surface area contributed by atoms with Gasteiger partial charge in [0, 0.05) is 17.9 Å². The summed E-state index contributed by atoms with van der Waals surface area (Å²) >= 11 is 0. The Bertz CT molecular complexity index is 452. The van der Waals surface area contributed by atoms with Crippen molar-refractivity contribution in [2.24, 2.45) is 0 Å². The Hall–Kier alpha value is -1.76. The van der Waals surface area contributed by atoms with Crippen molar-refractivity contribution in [3.05, 3.63) is 34.4 Å². The van der Waals surface area contributed by atoms with Crippen molar-refractivity contribution in [1.82, 2.24) is 0 Å². The zero-order chi connectivity index (χ0) is 14.5. The molecule has 0 aliphatic carbocycles. The molecule has 0 fully saturated rings. The molecule has 0 spiro atoms. The Morgan fingerprint density at radius 3 is 2.32 bits per heavy atom. The Balaban J connectivity index is 2.42. The van der Waals surface area contributed by atoms with Gasteiger partial charge in [-0.1, -0.05) is 0 Å². The Labute approximate surface area is 113 Å². The number of carbonyl (C=O) groups is 1. The summed E-state index contributed by atoms with van der Waals surface area (Å²) in [4.78, 5) is 21.3. The lowest BCUT2D eigenvalue weighted by Gasteiger charge is -2.24. The molecule has 0 radical (unpaired) electrons. The van der Waals surface area contributed by atoms with Gasteiger partial charge in [-0.15, -0.1) is 0 Å². The van der Waals surface area contributed by atoms with Gasteiger partial charge < -0.3 is 9.47 Å². The quantitative estimate of drug-likeness (QED) is 0.360. The number of hydrogen-bond acceptors (Lipinski definition) is 5. The van der Waals surface area contributed by atoms with Crippen LogP contribution in [-0.4, -0.2) is 42.2 Å². The van der Waals surface area contributed by atoms with Gasteiger partial charge in [0.2, 0.25) is 0 Å². The molecule has 0 unspecified atom stereocenters. The fourth-order valence-electron chi connectivity index (χ4n) is 1.14. The molecule has 1 aromatic carbocycles. The number of benzene rings is 1. The lowest BCUT2D eigenvalue weighted by Crippen LogP contribution is -2.15. The van der Waals surface area contributed by atoms with Gasteiger partial charge in [-0.25, -0.2) is 14.8 Å². The van der Waals surface area contributed by atoms with E-state index in [2.05, 4.69) is 18.8 Å². The SMILES string of the molecule is CS(C)(C)CCOC(=O)Oc1ccc([N+](=O)[O-])cc1. The van der Waals surface area contributed by atoms with Crippen molar-refractivity contribution < 1.29 is 19.2 Å². The molecule has 0 saturated heterocycles. The van der Waals surface area contributed by atoms with E-state index in [0.29, 0.717) is 6.61 Å². The van der Waals surface area contributed by atoms with Gasteiger partial charge in [-0.05, 0) is 30.9 Å². The number of nitrogens with zero attached hydrogens (tertiary/aromatic N) is 1. The molecule has 0 bridgehead atoms. The number of ether oxygens (including phenoxy) is 2. The smallest absolute Gasteiger partial charge is 0.433 e. The molecule has 1 aromatic rings. The number of rotatable bonds is 5. The first-order valence-electron chi connectivity index (χ1n) is 5.53. The summed E-state index contributed by atoms with van der Waals surface area (Å²) < 4.78 is 9.81. The topological polar surface area (TPSA) is 78.7 Å². The second kappa shape index (κ2) is 6.42. The number of carbonyl (C=O) groups excluding carboxylic acids is 1. The molecule has 0 saturated carbocycles. The number of non-ortho nitro benzene ring substituents is 1. The highest BCUT2D eigenvalue weighted by Gasteiger charge is 2.10. The molecule has 0 heterocycles. The summed E-state index contributed by atoms with van der Waals surface area (Å²) in [6.45, 7) is 0.310. The standard InChI is InChI=1S/C12H17NO5S/c1-19(2,3)9-8-17-12(14)18-11-6-4-10(5-7-11)13(15)16/h4-7H,8-9H2,1-3H3. The summed E-state index contributed by atoms with van der Waals surface area (Å²) in [7, 11) is -0.716. The van der Waals surface area contributed by atoms with E-state index in [4.69, 9.17) is 9.47 Å². The molecule has 0 N–H and O–H groups in total. The van der Waals surface area contributed by atoms with E-state index in [-0.39, 0.29) is 11.4 Å². The Morgan fingerprint density at radius 2 is 1.84 bits per heavy atom. The van der Waals surface area contributed by atoms with Crippen molar-refractivity contribution >= 4 is 21.9 Å². The zero-order valence-corrected chi connectivity index (χ0v) is 11.9. The molecular weight excluding hydrogens is 270 g/mol. The maximum Gasteiger partial charge on any atom is 0.513 e. The van der Waals surface area contributed by atoms with Crippen LogP contribution in [0.3, 0.4) is 0 Å². The first-order chi connectivity index (χ1) is 8.78. The van der Waals surface area contributed by atoms with Gasteiger partial charge in [0.05, 0.1) is 4.92 Å². The van der Waals surface area contributed by atoms with Crippen molar-refractivity contribution in [3.8, 4) is 5.75 Å². The molecule has 7 heteroatoms. The average molecular weight is 287 g/mol. The van der Waals surface area contributed by atoms with Crippen LogP contribution in [0, 0.1) is 10.1 Å². The molecule has 1 rings (SSSR count). The second-order valence-corrected chi connectivity index (χ2v) is 9.34. The van der Waals surface area contributed by atoms with Crippen LogP contribution < -0.4 is 4.74 Å². The first-order valence-corrected chi connectivity index (χ1v) is 8.56. The molecule has 19 heavy (non-hydrogen) atoms. The monoisotopic (exact) mass is 287 g/mol. The van der Waals surface area contributed by atoms with Gasteiger partial charge >= 0.3 is 6.16 Å². The van der Waals surface area contributed by atoms with Crippen LogP contribution in [0.2, 0.25) is 0 Å². The zero-order valence-electron chi connectivity index (χ0n) is 11.1.